The fourth-order valence-corrected chi connectivity index (χ4v) is 6.47. The molecule has 43 heavy (non-hydrogen) atoms. The predicted molar refractivity (Wildman–Crippen MR) is 169 cm³/mol. The van der Waals surface area contributed by atoms with Crippen LogP contribution in [0.5, 0.6) is 5.75 Å². The van der Waals surface area contributed by atoms with E-state index in [-0.39, 0.29) is 29.3 Å². The van der Waals surface area contributed by atoms with Gasteiger partial charge in [0.05, 0.1) is 10.0 Å². The number of carbonyl (C=O) groups excluding carboxylic acids is 2. The first-order valence-corrected chi connectivity index (χ1v) is 15.8. The fraction of sp³-hybridized carbons (Fsp3) is 0.412. The van der Waals surface area contributed by atoms with Gasteiger partial charge in [0.15, 0.2) is 0 Å². The van der Waals surface area contributed by atoms with E-state index in [1.807, 2.05) is 23.1 Å². The Morgan fingerprint density at radius 1 is 0.860 bits per heavy atom. The van der Waals surface area contributed by atoms with Gasteiger partial charge in [-0.15, -0.1) is 0 Å². The quantitative estimate of drug-likeness (QED) is 0.276. The number of halogens is 3. The lowest BCUT2D eigenvalue weighted by molar-refractivity contribution is -0.123. The highest BCUT2D eigenvalue weighted by Crippen LogP contribution is 2.30. The molecule has 0 unspecified atom stereocenters. The molecule has 2 heterocycles. The van der Waals surface area contributed by atoms with Crippen molar-refractivity contribution >= 4 is 40.7 Å². The van der Waals surface area contributed by atoms with Crippen LogP contribution in [0.25, 0.3) is 0 Å². The summed E-state index contributed by atoms with van der Waals surface area (Å²) in [6, 6.07) is 18.4. The maximum Gasteiger partial charge on any atom is 0.253 e. The molecule has 0 bridgehead atoms. The Morgan fingerprint density at radius 3 is 2.19 bits per heavy atom. The second kappa shape index (κ2) is 14.6. The minimum absolute atomic E-state index is 0.0492. The molecule has 2 aliphatic heterocycles. The van der Waals surface area contributed by atoms with E-state index in [0.717, 1.165) is 51.0 Å². The van der Waals surface area contributed by atoms with E-state index in [1.165, 1.54) is 29.8 Å². The van der Waals surface area contributed by atoms with Crippen molar-refractivity contribution in [2.75, 3.05) is 44.2 Å². The minimum atomic E-state index is -0.196. The number of amides is 2. The Hall–Kier alpha value is -3.13. The van der Waals surface area contributed by atoms with Crippen molar-refractivity contribution in [2.45, 2.75) is 38.5 Å². The summed E-state index contributed by atoms with van der Waals surface area (Å²) in [4.78, 5) is 32.9. The Bertz CT molecular complexity index is 1390. The van der Waals surface area contributed by atoms with Gasteiger partial charge < -0.3 is 19.8 Å². The van der Waals surface area contributed by atoms with Gasteiger partial charge in [0.25, 0.3) is 5.91 Å². The highest BCUT2D eigenvalue weighted by molar-refractivity contribution is 6.42. The molecule has 2 saturated heterocycles. The lowest BCUT2D eigenvalue weighted by Gasteiger charge is -2.35. The average molecular weight is 627 g/mol. The Morgan fingerprint density at radius 2 is 1.53 bits per heavy atom. The van der Waals surface area contributed by atoms with Gasteiger partial charge >= 0.3 is 0 Å². The third-order valence-electron chi connectivity index (χ3n) is 8.73. The maximum absolute atomic E-state index is 13.9. The van der Waals surface area contributed by atoms with Gasteiger partial charge in [-0.05, 0) is 124 Å². The fourth-order valence-electron chi connectivity index (χ4n) is 6.18. The third kappa shape index (κ3) is 8.28. The van der Waals surface area contributed by atoms with Crippen LogP contribution in [0.4, 0.5) is 10.1 Å². The zero-order valence-corrected chi connectivity index (χ0v) is 25.7. The molecule has 5 rings (SSSR count). The normalized spacial score (nSPS) is 16.8. The monoisotopic (exact) mass is 625 g/mol. The topological polar surface area (TPSA) is 64.1 Å². The predicted octanol–water partition coefficient (Wildman–Crippen LogP) is 7.07. The number of rotatable bonds is 9. The van der Waals surface area contributed by atoms with E-state index in [4.69, 9.17) is 23.2 Å². The first kappa shape index (κ1) is 31.3. The molecule has 0 aromatic heterocycles. The average Bonchev–Trinajstić information content (AvgIpc) is 3.02. The molecule has 2 amide bonds. The SMILES string of the molecule is O=C(c1ccc(O)cc1)N1CCC(C(=O)N(CCCN2CCC(Cc3ccc(F)cc3)CC2)c2ccc(Cl)c(Cl)c2)CC1. The Balaban J connectivity index is 1.15. The molecule has 0 spiro atoms. The molecular formula is C34H38Cl2FN3O3. The number of phenolic OH excluding ortho intramolecular Hbond substituents is 1. The number of aromatic hydroxyl groups is 1. The summed E-state index contributed by atoms with van der Waals surface area (Å²) >= 11 is 12.5. The zero-order valence-electron chi connectivity index (χ0n) is 24.2. The highest BCUT2D eigenvalue weighted by atomic mass is 35.5. The van der Waals surface area contributed by atoms with Gasteiger partial charge in [0.1, 0.15) is 11.6 Å². The first-order valence-electron chi connectivity index (χ1n) is 15.1. The molecule has 2 fully saturated rings. The van der Waals surface area contributed by atoms with E-state index in [2.05, 4.69) is 4.90 Å². The second-order valence-electron chi connectivity index (χ2n) is 11.7. The number of piperidine rings is 2. The second-order valence-corrected chi connectivity index (χ2v) is 12.5. The molecule has 3 aromatic carbocycles. The summed E-state index contributed by atoms with van der Waals surface area (Å²) in [5, 5.41) is 10.4. The highest BCUT2D eigenvalue weighted by Gasteiger charge is 2.31. The van der Waals surface area contributed by atoms with Crippen LogP contribution >= 0.6 is 23.2 Å². The number of phenols is 1. The molecule has 0 aliphatic carbocycles. The van der Waals surface area contributed by atoms with Gasteiger partial charge in [0.2, 0.25) is 5.91 Å². The van der Waals surface area contributed by atoms with Crippen molar-refractivity contribution in [3.63, 3.8) is 0 Å². The molecule has 6 nitrogen and oxygen atoms in total. The molecule has 2 aliphatic rings. The van der Waals surface area contributed by atoms with Gasteiger partial charge in [-0.25, -0.2) is 4.39 Å². The summed E-state index contributed by atoms with van der Waals surface area (Å²) < 4.78 is 13.2. The molecule has 0 radical (unpaired) electrons. The Kier molecular flexibility index (Phi) is 10.6. The molecule has 0 saturated carbocycles. The Labute approximate surface area is 263 Å². The maximum atomic E-state index is 13.9. The van der Waals surface area contributed by atoms with Gasteiger partial charge in [0, 0.05) is 36.8 Å². The van der Waals surface area contributed by atoms with Crippen LogP contribution in [0.3, 0.4) is 0 Å². The summed E-state index contributed by atoms with van der Waals surface area (Å²) in [5.74, 6) is 0.290. The van der Waals surface area contributed by atoms with Crippen molar-refractivity contribution in [3.05, 3.63) is 93.7 Å². The summed E-state index contributed by atoms with van der Waals surface area (Å²) in [6.45, 7) is 4.49. The molecular weight excluding hydrogens is 588 g/mol. The molecule has 0 atom stereocenters. The van der Waals surface area contributed by atoms with E-state index in [9.17, 15) is 19.1 Å². The van der Waals surface area contributed by atoms with Crippen molar-refractivity contribution in [3.8, 4) is 5.75 Å². The molecule has 1 N–H and O–H groups in total. The number of benzene rings is 3. The number of carbonyl (C=O) groups is 2. The largest absolute Gasteiger partial charge is 0.508 e. The summed E-state index contributed by atoms with van der Waals surface area (Å²) in [5.41, 5.74) is 2.45. The summed E-state index contributed by atoms with van der Waals surface area (Å²) in [6.07, 6.45) is 5.19. The van der Waals surface area contributed by atoms with E-state index in [1.54, 1.807) is 29.2 Å². The number of hydrogen-bond donors (Lipinski definition) is 1. The molecule has 228 valence electrons. The van der Waals surface area contributed by atoms with Crippen LogP contribution in [-0.2, 0) is 11.2 Å². The summed E-state index contributed by atoms with van der Waals surface area (Å²) in [7, 11) is 0. The van der Waals surface area contributed by atoms with Crippen LogP contribution < -0.4 is 4.90 Å². The van der Waals surface area contributed by atoms with Crippen LogP contribution in [0.2, 0.25) is 10.0 Å². The van der Waals surface area contributed by atoms with E-state index < -0.39 is 0 Å². The van der Waals surface area contributed by atoms with Crippen LogP contribution in [0.1, 0.15) is 48.0 Å². The molecule has 9 heteroatoms. The van der Waals surface area contributed by atoms with Gasteiger partial charge in [-0.1, -0.05) is 35.3 Å². The van der Waals surface area contributed by atoms with Crippen molar-refractivity contribution < 1.29 is 19.1 Å². The van der Waals surface area contributed by atoms with Crippen molar-refractivity contribution in [2.24, 2.45) is 11.8 Å². The number of hydrogen-bond acceptors (Lipinski definition) is 4. The van der Waals surface area contributed by atoms with Crippen LogP contribution in [-0.4, -0.2) is 66.0 Å². The number of nitrogens with zero attached hydrogens (tertiary/aromatic N) is 3. The minimum Gasteiger partial charge on any atom is -0.508 e. The first-order chi connectivity index (χ1) is 20.8. The van der Waals surface area contributed by atoms with Crippen LogP contribution in [0.15, 0.2) is 66.7 Å². The lowest BCUT2D eigenvalue weighted by Crippen LogP contribution is -2.45. The lowest BCUT2D eigenvalue weighted by atomic mass is 9.90. The standard InChI is InChI=1S/C34H38Cl2FN3O3/c35-31-11-8-29(23-32(31)36)40(17-1-16-38-18-12-25(13-19-38)22-24-2-6-28(37)7-3-24)34(43)27-14-20-39(21-15-27)33(42)26-4-9-30(41)10-5-26/h2-11,23,25,27,41H,1,12-22H2. The van der Waals surface area contributed by atoms with Crippen molar-refractivity contribution in [1.82, 2.24) is 9.80 Å². The van der Waals surface area contributed by atoms with Gasteiger partial charge in [-0.2, -0.15) is 0 Å². The zero-order chi connectivity index (χ0) is 30.3. The number of anilines is 1. The number of likely N-dealkylation sites (tertiary alicyclic amines) is 2. The smallest absolute Gasteiger partial charge is 0.253 e. The van der Waals surface area contributed by atoms with Crippen LogP contribution in [0, 0.1) is 17.7 Å². The molecule has 3 aromatic rings. The van der Waals surface area contributed by atoms with Crippen molar-refractivity contribution in [1.29, 1.82) is 0 Å². The van der Waals surface area contributed by atoms with Gasteiger partial charge in [-0.3, -0.25) is 9.59 Å². The van der Waals surface area contributed by atoms with E-state index >= 15 is 0 Å². The van der Waals surface area contributed by atoms with E-state index in [0.29, 0.717) is 54.0 Å². The third-order valence-corrected chi connectivity index (χ3v) is 9.47.